The molecule has 0 radical (unpaired) electrons. The lowest BCUT2D eigenvalue weighted by Gasteiger charge is -2.30. The van der Waals surface area contributed by atoms with Crippen LogP contribution in [0.15, 0.2) is 42.5 Å². The van der Waals surface area contributed by atoms with Crippen molar-refractivity contribution in [1.82, 2.24) is 4.48 Å². The third-order valence-electron chi connectivity index (χ3n) is 4.49. The summed E-state index contributed by atoms with van der Waals surface area (Å²) in [7, 11) is 4.68. The van der Waals surface area contributed by atoms with Crippen molar-refractivity contribution in [3.05, 3.63) is 42.5 Å². The number of unbranched alkanes of at least 4 members (excludes halogenated alkanes) is 5. The van der Waals surface area contributed by atoms with Crippen LogP contribution in [-0.2, 0) is 0 Å². The van der Waals surface area contributed by atoms with Gasteiger partial charge < -0.3 is 0 Å². The van der Waals surface area contributed by atoms with Crippen LogP contribution in [0, 0.1) is 0 Å². The lowest BCUT2D eigenvalue weighted by Crippen LogP contribution is -2.41. The molecule has 0 saturated carbocycles. The zero-order chi connectivity index (χ0) is 15.1. The van der Waals surface area contributed by atoms with Gasteiger partial charge in [0.1, 0.15) is 5.69 Å². The van der Waals surface area contributed by atoms with Crippen molar-refractivity contribution in [3.8, 4) is 0 Å². The smallest absolute Gasteiger partial charge is 0.140 e. The van der Waals surface area contributed by atoms with Crippen LogP contribution in [0.25, 0.3) is 10.8 Å². The monoisotopic (exact) mass is 284 g/mol. The summed E-state index contributed by atoms with van der Waals surface area (Å²) in [4.78, 5) is 0. The second-order valence-electron chi connectivity index (χ2n) is 6.67. The molecular weight excluding hydrogens is 254 g/mol. The number of benzene rings is 2. The summed E-state index contributed by atoms with van der Waals surface area (Å²) in [5, 5.41) is 2.75. The van der Waals surface area contributed by atoms with Crippen molar-refractivity contribution in [2.24, 2.45) is 0 Å². The molecule has 0 aromatic heterocycles. The van der Waals surface area contributed by atoms with Crippen molar-refractivity contribution in [2.75, 3.05) is 20.6 Å². The zero-order valence-corrected chi connectivity index (χ0v) is 13.9. The van der Waals surface area contributed by atoms with E-state index in [1.165, 1.54) is 61.5 Å². The molecule has 0 unspecified atom stereocenters. The largest absolute Gasteiger partial charge is 0.295 e. The lowest BCUT2D eigenvalue weighted by molar-refractivity contribution is 0.383. The number of rotatable bonds is 8. The zero-order valence-electron chi connectivity index (χ0n) is 13.9. The van der Waals surface area contributed by atoms with Crippen LogP contribution in [0.3, 0.4) is 0 Å². The molecule has 0 aliphatic rings. The van der Waals surface area contributed by atoms with Crippen LogP contribution in [0.4, 0.5) is 5.69 Å². The molecular formula is C20H30N+. The number of hydrogen-bond acceptors (Lipinski definition) is 0. The van der Waals surface area contributed by atoms with Crippen LogP contribution >= 0.6 is 0 Å². The summed E-state index contributed by atoms with van der Waals surface area (Å²) in [5.41, 5.74) is 1.45. The van der Waals surface area contributed by atoms with Crippen LogP contribution < -0.4 is 4.48 Å². The van der Waals surface area contributed by atoms with Gasteiger partial charge >= 0.3 is 0 Å². The van der Waals surface area contributed by atoms with E-state index in [9.17, 15) is 0 Å². The molecule has 2 rings (SSSR count). The first-order valence-corrected chi connectivity index (χ1v) is 8.46. The summed E-state index contributed by atoms with van der Waals surface area (Å²) in [6, 6.07) is 15.4. The number of fused-ring (bicyclic) bond motifs is 1. The van der Waals surface area contributed by atoms with E-state index in [0.717, 1.165) is 4.48 Å². The number of hydrogen-bond donors (Lipinski definition) is 0. The molecule has 0 spiro atoms. The molecule has 0 bridgehead atoms. The molecule has 0 heterocycles. The average Bonchev–Trinajstić information content (AvgIpc) is 2.50. The van der Waals surface area contributed by atoms with E-state index >= 15 is 0 Å². The Bertz CT molecular complexity index is 551. The molecule has 2 aromatic carbocycles. The summed E-state index contributed by atoms with van der Waals surface area (Å²) in [5.74, 6) is 0. The standard InChI is InChI=1S/C20H30N/c1-4-5-6-7-8-11-17-21(2,3)20-16-12-14-18-13-9-10-15-19(18)20/h9-10,12-16H,4-8,11,17H2,1-3H3/q+1. The molecule has 0 aliphatic heterocycles. The van der Waals surface area contributed by atoms with E-state index in [-0.39, 0.29) is 0 Å². The van der Waals surface area contributed by atoms with Crippen LogP contribution in [-0.4, -0.2) is 20.6 Å². The van der Waals surface area contributed by atoms with E-state index in [4.69, 9.17) is 0 Å². The molecule has 1 nitrogen and oxygen atoms in total. The van der Waals surface area contributed by atoms with Crippen molar-refractivity contribution >= 4 is 16.5 Å². The van der Waals surface area contributed by atoms with Gasteiger partial charge in [-0.2, -0.15) is 0 Å². The molecule has 0 saturated heterocycles. The Labute approximate surface area is 130 Å². The molecule has 1 heteroatoms. The van der Waals surface area contributed by atoms with Gasteiger partial charge in [0.25, 0.3) is 0 Å². The molecule has 0 fully saturated rings. The Morgan fingerprint density at radius 3 is 2.24 bits per heavy atom. The van der Waals surface area contributed by atoms with Gasteiger partial charge in [-0.3, -0.25) is 4.48 Å². The Balaban J connectivity index is 2.01. The molecule has 0 aliphatic carbocycles. The molecule has 21 heavy (non-hydrogen) atoms. The van der Waals surface area contributed by atoms with Crippen LogP contribution in [0.5, 0.6) is 0 Å². The van der Waals surface area contributed by atoms with E-state index < -0.39 is 0 Å². The maximum Gasteiger partial charge on any atom is 0.140 e. The molecule has 0 atom stereocenters. The number of quaternary nitrogens is 1. The highest BCUT2D eigenvalue weighted by Gasteiger charge is 2.20. The van der Waals surface area contributed by atoms with Gasteiger partial charge in [-0.05, 0) is 30.4 Å². The fourth-order valence-corrected chi connectivity index (χ4v) is 3.14. The van der Waals surface area contributed by atoms with E-state index in [1.54, 1.807) is 0 Å². The average molecular weight is 284 g/mol. The maximum atomic E-state index is 2.34. The van der Waals surface area contributed by atoms with E-state index in [0.29, 0.717) is 0 Å². The Morgan fingerprint density at radius 1 is 0.762 bits per heavy atom. The van der Waals surface area contributed by atoms with Gasteiger partial charge in [0.15, 0.2) is 0 Å². The van der Waals surface area contributed by atoms with Gasteiger partial charge in [-0.25, -0.2) is 0 Å². The fourth-order valence-electron chi connectivity index (χ4n) is 3.14. The third kappa shape index (κ3) is 4.31. The van der Waals surface area contributed by atoms with Crippen molar-refractivity contribution in [1.29, 1.82) is 0 Å². The van der Waals surface area contributed by atoms with Crippen molar-refractivity contribution in [2.45, 2.75) is 45.4 Å². The lowest BCUT2D eigenvalue weighted by atomic mass is 10.1. The maximum absolute atomic E-state index is 2.34. The van der Waals surface area contributed by atoms with Gasteiger partial charge in [-0.15, -0.1) is 0 Å². The van der Waals surface area contributed by atoms with Gasteiger partial charge in [0, 0.05) is 5.39 Å². The highest BCUT2D eigenvalue weighted by atomic mass is 15.3. The van der Waals surface area contributed by atoms with Gasteiger partial charge in [0.05, 0.1) is 20.6 Å². The predicted octanol–water partition coefficient (Wildman–Crippen LogP) is 5.77. The molecule has 114 valence electrons. The second kappa shape index (κ2) is 7.61. The highest BCUT2D eigenvalue weighted by Crippen LogP contribution is 2.29. The van der Waals surface area contributed by atoms with Gasteiger partial charge in [-0.1, -0.05) is 62.9 Å². The number of nitrogens with zero attached hydrogens (tertiary/aromatic N) is 1. The van der Waals surface area contributed by atoms with Gasteiger partial charge in [0.2, 0.25) is 0 Å². The normalized spacial score (nSPS) is 12.0. The first-order chi connectivity index (χ1) is 10.1. The summed E-state index contributed by atoms with van der Waals surface area (Å²) in [6.07, 6.45) is 8.20. The van der Waals surface area contributed by atoms with Crippen molar-refractivity contribution < 1.29 is 0 Å². The minimum atomic E-state index is 0.981. The van der Waals surface area contributed by atoms with Crippen LogP contribution in [0.1, 0.15) is 45.4 Å². The SMILES string of the molecule is CCCCCCCC[N+](C)(C)c1cccc2ccccc12. The highest BCUT2D eigenvalue weighted by molar-refractivity contribution is 5.93. The Kier molecular flexibility index (Phi) is 5.81. The van der Waals surface area contributed by atoms with Crippen LogP contribution in [0.2, 0.25) is 0 Å². The Hall–Kier alpha value is -1.34. The summed E-state index contributed by atoms with van der Waals surface area (Å²) >= 11 is 0. The van der Waals surface area contributed by atoms with E-state index in [2.05, 4.69) is 63.5 Å². The predicted molar refractivity (Wildman–Crippen MR) is 95.8 cm³/mol. The molecule has 2 aromatic rings. The first kappa shape index (κ1) is 16.0. The minimum Gasteiger partial charge on any atom is -0.295 e. The first-order valence-electron chi connectivity index (χ1n) is 8.46. The second-order valence-corrected chi connectivity index (χ2v) is 6.67. The molecule has 0 N–H and O–H groups in total. The molecule has 0 amide bonds. The topological polar surface area (TPSA) is 0 Å². The summed E-state index contributed by atoms with van der Waals surface area (Å²) in [6.45, 7) is 3.50. The fraction of sp³-hybridized carbons (Fsp3) is 0.500. The minimum absolute atomic E-state index is 0.981. The Morgan fingerprint density at radius 2 is 1.43 bits per heavy atom. The van der Waals surface area contributed by atoms with Crippen molar-refractivity contribution in [3.63, 3.8) is 0 Å². The quantitative estimate of drug-likeness (QED) is 0.426. The third-order valence-corrected chi connectivity index (χ3v) is 4.49. The van der Waals surface area contributed by atoms with E-state index in [1.807, 2.05) is 0 Å². The summed E-state index contributed by atoms with van der Waals surface area (Å²) < 4.78 is 0.981.